The molecule has 0 unspecified atom stereocenters. The summed E-state index contributed by atoms with van der Waals surface area (Å²) >= 11 is 1.53. The molecule has 1 heterocycles. The van der Waals surface area contributed by atoms with Crippen molar-refractivity contribution in [3.63, 3.8) is 0 Å². The lowest BCUT2D eigenvalue weighted by Gasteiger charge is -2.02. The Labute approximate surface area is 98.2 Å². The number of aryl methyl sites for hydroxylation is 1. The monoisotopic (exact) mass is 236 g/mol. The van der Waals surface area contributed by atoms with Gasteiger partial charge < -0.3 is 5.32 Å². The van der Waals surface area contributed by atoms with E-state index in [1.54, 1.807) is 12.1 Å². The third kappa shape index (κ3) is 2.13. The number of benzene rings is 1. The van der Waals surface area contributed by atoms with Gasteiger partial charge in [-0.1, -0.05) is 18.2 Å². The molecular weight excluding hydrogens is 223 g/mol. The molecule has 0 radical (unpaired) electrons. The minimum Gasteiger partial charge on any atom is -0.314 e. The van der Waals surface area contributed by atoms with Crippen LogP contribution in [-0.2, 0) is 6.54 Å². The normalized spacial score (nSPS) is 10.7. The molecule has 0 bridgehead atoms. The Balaban J connectivity index is 2.51. The van der Waals surface area contributed by atoms with Gasteiger partial charge in [-0.15, -0.1) is 11.3 Å². The highest BCUT2D eigenvalue weighted by atomic mass is 32.1. The molecule has 1 N–H and O–H groups in total. The van der Waals surface area contributed by atoms with Crippen molar-refractivity contribution in [2.24, 2.45) is 0 Å². The van der Waals surface area contributed by atoms with Gasteiger partial charge in [0.2, 0.25) is 0 Å². The standard InChI is InChI=1S/C12H13FN2S/c1-8-15-11(7-14-2)12(16-8)9-5-3-4-6-10(9)13/h3-6,14H,7H2,1-2H3. The van der Waals surface area contributed by atoms with E-state index in [-0.39, 0.29) is 5.82 Å². The first-order valence-corrected chi connectivity index (χ1v) is 5.90. The fourth-order valence-electron chi connectivity index (χ4n) is 1.61. The molecule has 0 saturated heterocycles. The molecule has 0 aliphatic carbocycles. The van der Waals surface area contributed by atoms with Crippen LogP contribution in [0, 0.1) is 12.7 Å². The van der Waals surface area contributed by atoms with Crippen molar-refractivity contribution < 1.29 is 4.39 Å². The van der Waals surface area contributed by atoms with Crippen LogP contribution in [0.2, 0.25) is 0 Å². The Morgan fingerprint density at radius 3 is 2.81 bits per heavy atom. The second-order valence-electron chi connectivity index (χ2n) is 3.52. The maximum Gasteiger partial charge on any atom is 0.131 e. The van der Waals surface area contributed by atoms with Crippen LogP contribution in [0.25, 0.3) is 10.4 Å². The second kappa shape index (κ2) is 4.72. The van der Waals surface area contributed by atoms with Gasteiger partial charge in [-0.25, -0.2) is 9.37 Å². The van der Waals surface area contributed by atoms with Gasteiger partial charge in [0.15, 0.2) is 0 Å². The van der Waals surface area contributed by atoms with E-state index in [1.807, 2.05) is 20.0 Å². The van der Waals surface area contributed by atoms with Crippen molar-refractivity contribution >= 4 is 11.3 Å². The zero-order chi connectivity index (χ0) is 11.5. The Kier molecular flexibility index (Phi) is 3.31. The summed E-state index contributed by atoms with van der Waals surface area (Å²) in [5.74, 6) is -0.191. The van der Waals surface area contributed by atoms with Gasteiger partial charge in [-0.05, 0) is 20.0 Å². The average Bonchev–Trinajstić information content (AvgIpc) is 2.61. The van der Waals surface area contributed by atoms with Gasteiger partial charge in [0.25, 0.3) is 0 Å². The van der Waals surface area contributed by atoms with Crippen molar-refractivity contribution in [2.45, 2.75) is 13.5 Å². The number of halogens is 1. The van der Waals surface area contributed by atoms with Crippen LogP contribution >= 0.6 is 11.3 Å². The van der Waals surface area contributed by atoms with Crippen LogP contribution in [0.1, 0.15) is 10.7 Å². The van der Waals surface area contributed by atoms with Crippen molar-refractivity contribution in [1.82, 2.24) is 10.3 Å². The van der Waals surface area contributed by atoms with E-state index in [9.17, 15) is 4.39 Å². The van der Waals surface area contributed by atoms with E-state index in [0.29, 0.717) is 12.1 Å². The van der Waals surface area contributed by atoms with E-state index < -0.39 is 0 Å². The summed E-state index contributed by atoms with van der Waals surface area (Å²) in [5.41, 5.74) is 1.55. The lowest BCUT2D eigenvalue weighted by molar-refractivity contribution is 0.631. The number of aromatic nitrogens is 1. The number of thiazole rings is 1. The van der Waals surface area contributed by atoms with Crippen molar-refractivity contribution in [1.29, 1.82) is 0 Å². The van der Waals surface area contributed by atoms with Gasteiger partial charge in [0.05, 0.1) is 15.6 Å². The molecular formula is C12H13FN2S. The van der Waals surface area contributed by atoms with Crippen LogP contribution in [0.5, 0.6) is 0 Å². The SMILES string of the molecule is CNCc1nc(C)sc1-c1ccccc1F. The zero-order valence-electron chi connectivity index (χ0n) is 9.25. The molecule has 0 spiro atoms. The number of nitrogens with zero attached hydrogens (tertiary/aromatic N) is 1. The smallest absolute Gasteiger partial charge is 0.131 e. The van der Waals surface area contributed by atoms with Gasteiger partial charge in [0.1, 0.15) is 5.82 Å². The summed E-state index contributed by atoms with van der Waals surface area (Å²) < 4.78 is 13.7. The van der Waals surface area contributed by atoms with Crippen molar-refractivity contribution in [3.05, 3.63) is 40.8 Å². The lowest BCUT2D eigenvalue weighted by atomic mass is 10.1. The quantitative estimate of drug-likeness (QED) is 0.886. The molecule has 0 aliphatic rings. The maximum absolute atomic E-state index is 13.7. The molecule has 84 valence electrons. The molecule has 2 aromatic rings. The summed E-state index contributed by atoms with van der Waals surface area (Å²) in [4.78, 5) is 5.33. The van der Waals surface area contributed by atoms with E-state index in [2.05, 4.69) is 10.3 Å². The average molecular weight is 236 g/mol. The Morgan fingerprint density at radius 2 is 2.12 bits per heavy atom. The van der Waals surface area contributed by atoms with E-state index in [1.165, 1.54) is 17.4 Å². The molecule has 0 amide bonds. The summed E-state index contributed by atoms with van der Waals surface area (Å²) in [6, 6.07) is 6.82. The molecule has 0 aliphatic heterocycles. The summed E-state index contributed by atoms with van der Waals surface area (Å²) in [6.07, 6.45) is 0. The molecule has 2 rings (SSSR count). The highest BCUT2D eigenvalue weighted by molar-refractivity contribution is 7.15. The minimum atomic E-state index is -0.191. The molecule has 16 heavy (non-hydrogen) atoms. The fraction of sp³-hybridized carbons (Fsp3) is 0.250. The molecule has 1 aromatic heterocycles. The number of nitrogens with one attached hydrogen (secondary N) is 1. The summed E-state index contributed by atoms with van der Waals surface area (Å²) in [6.45, 7) is 2.60. The maximum atomic E-state index is 13.7. The van der Waals surface area contributed by atoms with Crippen LogP contribution < -0.4 is 5.32 Å². The third-order valence-electron chi connectivity index (χ3n) is 2.27. The Hall–Kier alpha value is -1.26. The van der Waals surface area contributed by atoms with Gasteiger partial charge in [-0.2, -0.15) is 0 Å². The predicted molar refractivity (Wildman–Crippen MR) is 65.0 cm³/mol. The van der Waals surface area contributed by atoms with Crippen LogP contribution in [0.4, 0.5) is 4.39 Å². The second-order valence-corrected chi connectivity index (χ2v) is 4.72. The first-order chi connectivity index (χ1) is 7.72. The van der Waals surface area contributed by atoms with Crippen molar-refractivity contribution in [2.75, 3.05) is 7.05 Å². The van der Waals surface area contributed by atoms with E-state index in [0.717, 1.165) is 15.6 Å². The van der Waals surface area contributed by atoms with E-state index in [4.69, 9.17) is 0 Å². The molecule has 0 atom stereocenters. The summed E-state index contributed by atoms with van der Waals surface area (Å²) in [5, 5.41) is 4.01. The Morgan fingerprint density at radius 1 is 1.38 bits per heavy atom. The number of rotatable bonds is 3. The fourth-order valence-corrected chi connectivity index (χ4v) is 2.58. The van der Waals surface area contributed by atoms with Gasteiger partial charge >= 0.3 is 0 Å². The molecule has 4 heteroatoms. The molecule has 1 aromatic carbocycles. The van der Waals surface area contributed by atoms with Crippen molar-refractivity contribution in [3.8, 4) is 10.4 Å². The number of hydrogen-bond acceptors (Lipinski definition) is 3. The first kappa shape index (κ1) is 11.2. The van der Waals surface area contributed by atoms with Gasteiger partial charge in [-0.3, -0.25) is 0 Å². The largest absolute Gasteiger partial charge is 0.314 e. The first-order valence-electron chi connectivity index (χ1n) is 5.08. The third-order valence-corrected chi connectivity index (χ3v) is 3.31. The van der Waals surface area contributed by atoms with Crippen LogP contribution in [-0.4, -0.2) is 12.0 Å². The topological polar surface area (TPSA) is 24.9 Å². The lowest BCUT2D eigenvalue weighted by Crippen LogP contribution is -2.06. The van der Waals surface area contributed by atoms with Gasteiger partial charge in [0, 0.05) is 12.1 Å². The highest BCUT2D eigenvalue weighted by Gasteiger charge is 2.13. The molecule has 0 saturated carbocycles. The van der Waals surface area contributed by atoms with Crippen LogP contribution in [0.3, 0.4) is 0 Å². The van der Waals surface area contributed by atoms with Crippen LogP contribution in [0.15, 0.2) is 24.3 Å². The minimum absolute atomic E-state index is 0.191. The van der Waals surface area contributed by atoms with E-state index >= 15 is 0 Å². The highest BCUT2D eigenvalue weighted by Crippen LogP contribution is 2.31. The Bertz CT molecular complexity index is 494. The number of hydrogen-bond donors (Lipinski definition) is 1. The zero-order valence-corrected chi connectivity index (χ0v) is 10.1. The predicted octanol–water partition coefficient (Wildman–Crippen LogP) is 2.98. The molecule has 2 nitrogen and oxygen atoms in total. The summed E-state index contributed by atoms with van der Waals surface area (Å²) in [7, 11) is 1.86. The molecule has 0 fully saturated rings.